The molecule has 0 aromatic heterocycles. The first kappa shape index (κ1) is 27.0. The predicted molar refractivity (Wildman–Crippen MR) is 99.8 cm³/mol. The van der Waals surface area contributed by atoms with E-state index in [1.807, 2.05) is 0 Å². The maximum absolute atomic E-state index is 10.6. The van der Waals surface area contributed by atoms with Gasteiger partial charge in [-0.25, -0.2) is 0 Å². The normalized spacial score (nSPS) is 53.7. The lowest BCUT2D eigenvalue weighted by atomic mass is 9.96. The summed E-state index contributed by atoms with van der Waals surface area (Å²) < 4.78 is 26.7. The topological polar surface area (TPSA) is 248 Å². The maximum Gasteiger partial charge on any atom is 0.187 e. The van der Waals surface area contributed by atoms with E-state index in [9.17, 15) is 51.1 Å². The van der Waals surface area contributed by atoms with E-state index in [-0.39, 0.29) is 0 Å². The SMILES string of the molecule is C[C@@H]1O[C@@H](O[C@H]2[C@H](O[C@H]3C(O)O[C@H](CO)[C@@H](O)[C@@H]3O)O[C@H](CO)[C@@H](O)[C@@H]2O)[C@H](O)[C@H](O)[C@H]1O. The Morgan fingerprint density at radius 2 is 1.06 bits per heavy atom. The fourth-order valence-electron chi connectivity index (χ4n) is 3.96. The van der Waals surface area contributed by atoms with Crippen molar-refractivity contribution in [3.05, 3.63) is 0 Å². The summed E-state index contributed by atoms with van der Waals surface area (Å²) in [6.45, 7) is -0.0924. The molecule has 3 rings (SSSR count). The molecule has 194 valence electrons. The van der Waals surface area contributed by atoms with Crippen molar-refractivity contribution in [1.82, 2.24) is 0 Å². The number of ether oxygens (including phenoxy) is 5. The smallest absolute Gasteiger partial charge is 0.187 e. The maximum atomic E-state index is 10.6. The average molecular weight is 488 g/mol. The van der Waals surface area contributed by atoms with Crippen LogP contribution in [0.2, 0.25) is 0 Å². The van der Waals surface area contributed by atoms with Crippen molar-refractivity contribution >= 4 is 0 Å². The molecule has 0 radical (unpaired) electrons. The Bertz CT molecular complexity index is 626. The van der Waals surface area contributed by atoms with Gasteiger partial charge in [-0.3, -0.25) is 0 Å². The highest BCUT2D eigenvalue weighted by molar-refractivity contribution is 4.95. The molecule has 0 aromatic rings. The average Bonchev–Trinajstić information content (AvgIpc) is 2.79. The summed E-state index contributed by atoms with van der Waals surface area (Å²) in [5.74, 6) is 0. The van der Waals surface area contributed by atoms with Crippen LogP contribution in [0, 0.1) is 0 Å². The number of aliphatic hydroxyl groups is 10. The van der Waals surface area contributed by atoms with E-state index in [1.165, 1.54) is 6.92 Å². The first-order valence-electron chi connectivity index (χ1n) is 10.4. The van der Waals surface area contributed by atoms with Crippen LogP contribution in [0.15, 0.2) is 0 Å². The van der Waals surface area contributed by atoms with Crippen molar-refractivity contribution in [1.29, 1.82) is 0 Å². The zero-order chi connectivity index (χ0) is 24.6. The summed E-state index contributed by atoms with van der Waals surface area (Å²) in [5.41, 5.74) is 0. The fourth-order valence-corrected chi connectivity index (χ4v) is 3.96. The minimum absolute atomic E-state index is 0.714. The predicted octanol–water partition coefficient (Wildman–Crippen LogP) is -6.55. The summed E-state index contributed by atoms with van der Waals surface area (Å²) in [6.07, 6.45) is -24.2. The lowest BCUT2D eigenvalue weighted by molar-refractivity contribution is -0.389. The van der Waals surface area contributed by atoms with Gasteiger partial charge in [0.1, 0.15) is 67.1 Å². The third kappa shape index (κ3) is 5.32. The number of rotatable bonds is 6. The van der Waals surface area contributed by atoms with Gasteiger partial charge < -0.3 is 74.7 Å². The molecule has 0 amide bonds. The van der Waals surface area contributed by atoms with Crippen molar-refractivity contribution in [3.63, 3.8) is 0 Å². The van der Waals surface area contributed by atoms with E-state index in [0.717, 1.165) is 0 Å². The van der Waals surface area contributed by atoms with Gasteiger partial charge in [0.25, 0.3) is 0 Å². The van der Waals surface area contributed by atoms with Crippen LogP contribution < -0.4 is 0 Å². The molecule has 15 atom stereocenters. The van der Waals surface area contributed by atoms with Gasteiger partial charge in [-0.2, -0.15) is 0 Å². The minimum atomic E-state index is -1.87. The van der Waals surface area contributed by atoms with Crippen LogP contribution in [0.3, 0.4) is 0 Å². The second-order valence-corrected chi connectivity index (χ2v) is 8.32. The quantitative estimate of drug-likeness (QED) is 0.167. The van der Waals surface area contributed by atoms with Crippen LogP contribution in [-0.2, 0) is 23.7 Å². The molecule has 0 saturated carbocycles. The van der Waals surface area contributed by atoms with Crippen LogP contribution in [0.4, 0.5) is 0 Å². The van der Waals surface area contributed by atoms with Crippen molar-refractivity contribution in [2.75, 3.05) is 13.2 Å². The molecule has 10 N–H and O–H groups in total. The Labute approximate surface area is 187 Å². The van der Waals surface area contributed by atoms with Crippen molar-refractivity contribution in [2.24, 2.45) is 0 Å². The van der Waals surface area contributed by atoms with Crippen molar-refractivity contribution in [3.8, 4) is 0 Å². The van der Waals surface area contributed by atoms with Gasteiger partial charge in [0.15, 0.2) is 18.9 Å². The standard InChI is InChI=1S/C18H32O15/c1-4-7(21)10(24)13(27)17(29-4)33-15-12(26)9(23)6(3-20)31-18(15)32-14-11(25)8(22)5(2-19)30-16(14)28/h4-28H,2-3H2,1H3/t4-,5+,6+,7-,8+,9+,10+,11-,12-,13+,14+,15+,16?,17-,18-/m0/s1. The highest BCUT2D eigenvalue weighted by Crippen LogP contribution is 2.32. The van der Waals surface area contributed by atoms with Crippen molar-refractivity contribution < 1.29 is 74.7 Å². The minimum Gasteiger partial charge on any atom is -0.394 e. The van der Waals surface area contributed by atoms with E-state index in [4.69, 9.17) is 23.7 Å². The van der Waals surface area contributed by atoms with Crippen LogP contribution in [-0.4, -0.2) is 156 Å². The molecule has 15 nitrogen and oxygen atoms in total. The summed E-state index contributed by atoms with van der Waals surface area (Å²) in [5, 5.41) is 100. The van der Waals surface area contributed by atoms with Gasteiger partial charge in [0.05, 0.1) is 19.3 Å². The van der Waals surface area contributed by atoms with Gasteiger partial charge >= 0.3 is 0 Å². The van der Waals surface area contributed by atoms with Crippen LogP contribution in [0.1, 0.15) is 6.92 Å². The lowest BCUT2D eigenvalue weighted by Gasteiger charge is -2.47. The van der Waals surface area contributed by atoms with E-state index < -0.39 is 105 Å². The molecular formula is C18H32O15. The molecule has 15 heteroatoms. The zero-order valence-electron chi connectivity index (χ0n) is 17.6. The molecule has 3 aliphatic rings. The fraction of sp³-hybridized carbons (Fsp3) is 1.00. The zero-order valence-corrected chi connectivity index (χ0v) is 17.6. The molecule has 3 fully saturated rings. The molecule has 0 spiro atoms. The van der Waals surface area contributed by atoms with Gasteiger partial charge in [-0.05, 0) is 6.92 Å². The monoisotopic (exact) mass is 488 g/mol. The molecule has 0 aliphatic carbocycles. The first-order valence-corrected chi connectivity index (χ1v) is 10.4. The van der Waals surface area contributed by atoms with Gasteiger partial charge in [0.2, 0.25) is 0 Å². The molecule has 0 aromatic carbocycles. The Balaban J connectivity index is 1.81. The Morgan fingerprint density at radius 1 is 0.545 bits per heavy atom. The van der Waals surface area contributed by atoms with E-state index in [0.29, 0.717) is 0 Å². The van der Waals surface area contributed by atoms with E-state index in [2.05, 4.69) is 0 Å². The summed E-state index contributed by atoms with van der Waals surface area (Å²) in [4.78, 5) is 0. The van der Waals surface area contributed by atoms with Gasteiger partial charge in [-0.1, -0.05) is 0 Å². The Morgan fingerprint density at radius 3 is 1.64 bits per heavy atom. The van der Waals surface area contributed by atoms with E-state index >= 15 is 0 Å². The molecule has 0 bridgehead atoms. The second-order valence-electron chi connectivity index (χ2n) is 8.32. The number of hydrogen-bond acceptors (Lipinski definition) is 15. The van der Waals surface area contributed by atoms with Crippen LogP contribution in [0.25, 0.3) is 0 Å². The molecule has 3 aliphatic heterocycles. The highest BCUT2D eigenvalue weighted by Gasteiger charge is 2.53. The molecule has 3 saturated heterocycles. The summed E-state index contributed by atoms with van der Waals surface area (Å²) >= 11 is 0. The first-order chi connectivity index (χ1) is 15.5. The lowest BCUT2D eigenvalue weighted by Crippen LogP contribution is -2.66. The van der Waals surface area contributed by atoms with Gasteiger partial charge in [-0.15, -0.1) is 0 Å². The third-order valence-corrected chi connectivity index (χ3v) is 6.06. The highest BCUT2D eigenvalue weighted by atomic mass is 16.8. The van der Waals surface area contributed by atoms with Gasteiger partial charge in [0, 0.05) is 0 Å². The Kier molecular flexibility index (Phi) is 8.99. The largest absolute Gasteiger partial charge is 0.394 e. The summed E-state index contributed by atoms with van der Waals surface area (Å²) in [6, 6.07) is 0. The third-order valence-electron chi connectivity index (χ3n) is 6.06. The number of hydrogen-bond donors (Lipinski definition) is 10. The number of aliphatic hydroxyl groups excluding tert-OH is 10. The molecular weight excluding hydrogens is 456 g/mol. The molecule has 3 heterocycles. The van der Waals surface area contributed by atoms with Crippen molar-refractivity contribution in [2.45, 2.75) is 99.0 Å². The Hall–Kier alpha value is -0.600. The van der Waals surface area contributed by atoms with Crippen LogP contribution >= 0.6 is 0 Å². The molecule has 1 unspecified atom stereocenters. The van der Waals surface area contributed by atoms with Crippen LogP contribution in [0.5, 0.6) is 0 Å². The molecule has 33 heavy (non-hydrogen) atoms. The summed E-state index contributed by atoms with van der Waals surface area (Å²) in [7, 11) is 0. The second kappa shape index (κ2) is 11.0. The van der Waals surface area contributed by atoms with E-state index in [1.54, 1.807) is 0 Å².